The molecule has 2 aliphatic heterocycles. The van der Waals surface area contributed by atoms with Gasteiger partial charge in [0.05, 0.1) is 12.5 Å². The summed E-state index contributed by atoms with van der Waals surface area (Å²) in [6.07, 6.45) is 4.22. The molecule has 0 radical (unpaired) electrons. The molecule has 1 atom stereocenters. The largest absolute Gasteiger partial charge is 0.494 e. The third-order valence-corrected chi connectivity index (χ3v) is 6.64. The average molecular weight is 444 g/mol. The minimum absolute atomic E-state index is 0.0652. The Bertz CT molecular complexity index is 901. The first-order chi connectivity index (χ1) is 15.1. The number of rotatable bonds is 8. The van der Waals surface area contributed by atoms with Gasteiger partial charge >= 0.3 is 0 Å². The summed E-state index contributed by atoms with van der Waals surface area (Å²) in [5.74, 6) is 0.951. The van der Waals surface area contributed by atoms with Gasteiger partial charge in [-0.05, 0) is 43.4 Å². The van der Waals surface area contributed by atoms with Crippen LogP contribution in [0.2, 0.25) is 0 Å². The first kappa shape index (κ1) is 21.5. The van der Waals surface area contributed by atoms with E-state index in [1.54, 1.807) is 4.90 Å². The van der Waals surface area contributed by atoms with E-state index < -0.39 is 0 Å². The van der Waals surface area contributed by atoms with Crippen molar-refractivity contribution >= 4 is 33.4 Å². The highest BCUT2D eigenvalue weighted by Gasteiger charge is 2.30. The molecule has 0 bridgehead atoms. The normalized spacial score (nSPS) is 19.0. The minimum atomic E-state index is -0.0818. The molecule has 3 heterocycles. The van der Waals surface area contributed by atoms with E-state index in [4.69, 9.17) is 4.74 Å². The number of piperidine rings is 1. The van der Waals surface area contributed by atoms with E-state index in [1.807, 2.05) is 24.3 Å². The number of nitrogens with one attached hydrogen (secondary N) is 1. The molecule has 2 aliphatic rings. The molecule has 2 fully saturated rings. The van der Waals surface area contributed by atoms with Gasteiger partial charge in [0, 0.05) is 32.6 Å². The predicted molar refractivity (Wildman–Crippen MR) is 121 cm³/mol. The van der Waals surface area contributed by atoms with Crippen LogP contribution in [0.3, 0.4) is 0 Å². The number of anilines is 2. The fourth-order valence-electron chi connectivity index (χ4n) is 3.92. The van der Waals surface area contributed by atoms with Gasteiger partial charge in [0.15, 0.2) is 0 Å². The van der Waals surface area contributed by atoms with Crippen LogP contribution >= 0.6 is 11.3 Å². The molecular formula is C22H29N5O3S. The first-order valence-electron chi connectivity index (χ1n) is 11.0. The quantitative estimate of drug-likeness (QED) is 0.675. The number of aromatic nitrogens is 2. The van der Waals surface area contributed by atoms with Gasteiger partial charge < -0.3 is 15.0 Å². The number of amides is 2. The maximum Gasteiger partial charge on any atom is 0.228 e. The molecule has 8 nitrogen and oxygen atoms in total. The van der Waals surface area contributed by atoms with Crippen molar-refractivity contribution in [3.05, 3.63) is 29.8 Å². The van der Waals surface area contributed by atoms with Gasteiger partial charge in [-0.15, -0.1) is 10.2 Å². The van der Waals surface area contributed by atoms with Gasteiger partial charge in [-0.2, -0.15) is 0 Å². The molecule has 4 rings (SSSR count). The summed E-state index contributed by atoms with van der Waals surface area (Å²) < 4.78 is 5.60. The molecule has 166 valence electrons. The van der Waals surface area contributed by atoms with Gasteiger partial charge in [0.1, 0.15) is 5.75 Å². The van der Waals surface area contributed by atoms with E-state index in [1.165, 1.54) is 11.3 Å². The minimum Gasteiger partial charge on any atom is -0.494 e. The second kappa shape index (κ2) is 10.1. The second-order valence-corrected chi connectivity index (χ2v) is 8.95. The molecule has 0 unspecified atom stereocenters. The number of benzene rings is 1. The Morgan fingerprint density at radius 3 is 2.74 bits per heavy atom. The summed E-state index contributed by atoms with van der Waals surface area (Å²) in [5, 5.41) is 13.0. The van der Waals surface area contributed by atoms with Crippen molar-refractivity contribution in [2.75, 3.05) is 36.0 Å². The van der Waals surface area contributed by atoms with Crippen LogP contribution in [0.25, 0.3) is 0 Å². The van der Waals surface area contributed by atoms with Crippen LogP contribution < -0.4 is 19.9 Å². The molecule has 0 spiro atoms. The lowest BCUT2D eigenvalue weighted by Gasteiger charge is -2.31. The Morgan fingerprint density at radius 2 is 2.00 bits per heavy atom. The number of hydrogen-bond acceptors (Lipinski definition) is 7. The number of ether oxygens (including phenoxy) is 1. The van der Waals surface area contributed by atoms with Crippen molar-refractivity contribution < 1.29 is 14.3 Å². The summed E-state index contributed by atoms with van der Waals surface area (Å²) in [5.41, 5.74) is 1.05. The van der Waals surface area contributed by atoms with Crippen LogP contribution in [0.5, 0.6) is 5.75 Å². The van der Waals surface area contributed by atoms with Crippen LogP contribution in [0, 0.1) is 5.92 Å². The lowest BCUT2D eigenvalue weighted by atomic mass is 9.97. The van der Waals surface area contributed by atoms with Gasteiger partial charge in [-0.1, -0.05) is 30.4 Å². The molecule has 2 saturated heterocycles. The van der Waals surface area contributed by atoms with Gasteiger partial charge in [0.25, 0.3) is 0 Å². The van der Waals surface area contributed by atoms with Crippen molar-refractivity contribution in [3.8, 4) is 5.75 Å². The third kappa shape index (κ3) is 5.33. The smallest absolute Gasteiger partial charge is 0.228 e. The predicted octanol–water partition coefficient (Wildman–Crippen LogP) is 2.99. The van der Waals surface area contributed by atoms with E-state index in [0.29, 0.717) is 37.8 Å². The van der Waals surface area contributed by atoms with Crippen LogP contribution in [0.4, 0.5) is 10.3 Å². The number of carbonyl (C=O) groups is 2. The topological polar surface area (TPSA) is 87.7 Å². The fourth-order valence-corrected chi connectivity index (χ4v) is 4.84. The first-order valence-corrected chi connectivity index (χ1v) is 11.8. The lowest BCUT2D eigenvalue weighted by Crippen LogP contribution is -2.43. The molecule has 31 heavy (non-hydrogen) atoms. The summed E-state index contributed by atoms with van der Waals surface area (Å²) >= 11 is 1.44. The molecule has 0 saturated carbocycles. The summed E-state index contributed by atoms with van der Waals surface area (Å²) in [6.45, 7) is 5.48. The Balaban J connectivity index is 1.29. The highest BCUT2D eigenvalue weighted by atomic mass is 32.1. The number of carbonyl (C=O) groups excluding carboxylic acids is 2. The van der Waals surface area contributed by atoms with Crippen LogP contribution in [-0.2, 0) is 16.1 Å². The highest BCUT2D eigenvalue weighted by Crippen LogP contribution is 2.32. The maximum absolute atomic E-state index is 12.8. The van der Waals surface area contributed by atoms with E-state index >= 15 is 0 Å². The monoisotopic (exact) mass is 443 g/mol. The van der Waals surface area contributed by atoms with Crippen molar-refractivity contribution in [1.29, 1.82) is 0 Å². The molecule has 2 aromatic rings. The zero-order valence-corrected chi connectivity index (χ0v) is 18.7. The van der Waals surface area contributed by atoms with E-state index in [0.717, 1.165) is 48.7 Å². The number of hydrogen-bond donors (Lipinski definition) is 1. The standard InChI is InChI=1S/C22H29N5O3S/c1-2-13-30-18-9-7-16(8-10-18)14-23-20(29)17-5-3-11-26(15-17)21-24-25-22(31-21)27-12-4-6-19(27)28/h7-10,17H,2-6,11-15H2,1H3,(H,23,29)/t17-/m0/s1. The molecular weight excluding hydrogens is 414 g/mol. The maximum atomic E-state index is 12.8. The van der Waals surface area contributed by atoms with Gasteiger partial charge in [-0.3, -0.25) is 14.5 Å². The third-order valence-electron chi connectivity index (χ3n) is 5.63. The Labute approximate surface area is 186 Å². The van der Waals surface area contributed by atoms with E-state index in [-0.39, 0.29) is 17.7 Å². The zero-order chi connectivity index (χ0) is 21.6. The van der Waals surface area contributed by atoms with Crippen LogP contribution in [0.15, 0.2) is 24.3 Å². The molecule has 9 heteroatoms. The van der Waals surface area contributed by atoms with E-state index in [9.17, 15) is 9.59 Å². The average Bonchev–Trinajstić information content (AvgIpc) is 3.46. The molecule has 2 amide bonds. The molecule has 1 aromatic heterocycles. The van der Waals surface area contributed by atoms with Gasteiger partial charge in [-0.25, -0.2) is 0 Å². The second-order valence-electron chi connectivity index (χ2n) is 8.01. The summed E-state index contributed by atoms with van der Waals surface area (Å²) in [6, 6.07) is 7.86. The zero-order valence-electron chi connectivity index (χ0n) is 17.9. The SMILES string of the molecule is CCCOc1ccc(CNC(=O)[C@H]2CCCN(c3nnc(N4CCCC4=O)s3)C2)cc1. The van der Waals surface area contributed by atoms with Crippen LogP contribution in [0.1, 0.15) is 44.6 Å². The van der Waals surface area contributed by atoms with Crippen molar-refractivity contribution in [3.63, 3.8) is 0 Å². The molecule has 1 aromatic carbocycles. The van der Waals surface area contributed by atoms with Crippen LogP contribution in [-0.4, -0.2) is 48.3 Å². The van der Waals surface area contributed by atoms with E-state index in [2.05, 4.69) is 27.3 Å². The van der Waals surface area contributed by atoms with Crippen molar-refractivity contribution in [2.24, 2.45) is 5.92 Å². The Hall–Kier alpha value is -2.68. The number of nitrogens with zero attached hydrogens (tertiary/aromatic N) is 4. The Morgan fingerprint density at radius 1 is 1.19 bits per heavy atom. The fraction of sp³-hybridized carbons (Fsp3) is 0.545. The highest BCUT2D eigenvalue weighted by molar-refractivity contribution is 7.19. The van der Waals surface area contributed by atoms with Gasteiger partial charge in [0.2, 0.25) is 22.1 Å². The van der Waals surface area contributed by atoms with Crippen molar-refractivity contribution in [1.82, 2.24) is 15.5 Å². The lowest BCUT2D eigenvalue weighted by molar-refractivity contribution is -0.125. The summed E-state index contributed by atoms with van der Waals surface area (Å²) in [4.78, 5) is 28.5. The molecule has 0 aliphatic carbocycles. The Kier molecular flexibility index (Phi) is 7.01. The summed E-state index contributed by atoms with van der Waals surface area (Å²) in [7, 11) is 0. The molecule has 1 N–H and O–H groups in total. The van der Waals surface area contributed by atoms with Crippen molar-refractivity contribution in [2.45, 2.75) is 45.6 Å².